The molecular weight excluding hydrogens is 386 g/mol. The van der Waals surface area contributed by atoms with Crippen LogP contribution in [0.5, 0.6) is 11.5 Å². The highest BCUT2D eigenvalue weighted by Gasteiger charge is 2.27. The summed E-state index contributed by atoms with van der Waals surface area (Å²) < 4.78 is 13.4. The summed E-state index contributed by atoms with van der Waals surface area (Å²) in [4.78, 5) is 4.57. The van der Waals surface area contributed by atoms with E-state index in [1.807, 2.05) is 54.1 Å². The lowest BCUT2D eigenvalue weighted by Crippen LogP contribution is -2.17. The van der Waals surface area contributed by atoms with Gasteiger partial charge in [-0.1, -0.05) is 42.1 Å². The van der Waals surface area contributed by atoms with Gasteiger partial charge >= 0.3 is 0 Å². The second-order valence-corrected chi connectivity index (χ2v) is 7.78. The van der Waals surface area contributed by atoms with Crippen molar-refractivity contribution in [2.75, 3.05) is 12.5 Å². The lowest BCUT2D eigenvalue weighted by Gasteiger charge is -2.13. The Morgan fingerprint density at radius 1 is 1.10 bits per heavy atom. The Hall–Kier alpha value is -3.26. The van der Waals surface area contributed by atoms with Gasteiger partial charge in [0, 0.05) is 17.1 Å². The van der Waals surface area contributed by atoms with E-state index in [9.17, 15) is 0 Å². The number of aromatic nitrogens is 4. The highest BCUT2D eigenvalue weighted by atomic mass is 32.2. The van der Waals surface area contributed by atoms with E-state index < -0.39 is 0 Å². The summed E-state index contributed by atoms with van der Waals surface area (Å²) in [6.45, 7) is 2.24. The van der Waals surface area contributed by atoms with E-state index in [-0.39, 0.29) is 12.0 Å². The molecule has 5 rings (SSSR count). The van der Waals surface area contributed by atoms with Crippen LogP contribution in [0.1, 0.15) is 22.5 Å². The lowest BCUT2D eigenvalue weighted by atomic mass is 10.1. The second kappa shape index (κ2) is 7.29. The number of hydrogen-bond donors (Lipinski definition) is 1. The smallest absolute Gasteiger partial charge is 0.212 e. The number of pyridine rings is 1. The molecule has 0 saturated carbocycles. The van der Waals surface area contributed by atoms with Gasteiger partial charge in [0.25, 0.3) is 0 Å². The minimum atomic E-state index is 0.105. The average molecular weight is 405 g/mol. The van der Waals surface area contributed by atoms with E-state index in [0.717, 1.165) is 39.1 Å². The van der Waals surface area contributed by atoms with Crippen LogP contribution in [0, 0.1) is 6.92 Å². The average Bonchev–Trinajstić information content (AvgIpc) is 3.33. The fraction of sp³-hybridized carbons (Fsp3) is 0.190. The molecule has 29 heavy (non-hydrogen) atoms. The van der Waals surface area contributed by atoms with Crippen molar-refractivity contribution in [2.45, 2.75) is 24.1 Å². The maximum atomic E-state index is 6.14. The fourth-order valence-corrected chi connectivity index (χ4v) is 4.32. The molecule has 4 aromatic rings. The van der Waals surface area contributed by atoms with Gasteiger partial charge in [-0.05, 0) is 30.7 Å². The van der Waals surface area contributed by atoms with Crippen molar-refractivity contribution in [3.05, 3.63) is 71.7 Å². The van der Waals surface area contributed by atoms with Gasteiger partial charge in [0.05, 0.1) is 12.6 Å². The summed E-state index contributed by atoms with van der Waals surface area (Å²) in [5, 5.41) is 10.4. The molecular formula is C21H19N5O2S. The molecule has 2 aromatic carbocycles. The maximum absolute atomic E-state index is 6.14. The Kier molecular flexibility index (Phi) is 4.48. The van der Waals surface area contributed by atoms with Gasteiger partial charge in [-0.2, -0.15) is 0 Å². The molecule has 1 N–H and O–H groups in total. The molecule has 1 aliphatic rings. The third-order valence-electron chi connectivity index (χ3n) is 4.74. The molecule has 146 valence electrons. The second-order valence-electron chi connectivity index (χ2n) is 6.71. The number of hydrogen-bond acceptors (Lipinski definition) is 7. The maximum Gasteiger partial charge on any atom is 0.212 e. The predicted molar refractivity (Wildman–Crippen MR) is 112 cm³/mol. The van der Waals surface area contributed by atoms with Crippen molar-refractivity contribution in [1.29, 1.82) is 0 Å². The first-order valence-electron chi connectivity index (χ1n) is 9.22. The molecule has 0 aliphatic carbocycles. The molecule has 0 saturated heterocycles. The van der Waals surface area contributed by atoms with Gasteiger partial charge in [-0.15, -0.1) is 10.2 Å². The molecule has 1 unspecified atom stereocenters. The van der Waals surface area contributed by atoms with E-state index in [4.69, 9.17) is 9.47 Å². The number of fused-ring (bicyclic) bond motifs is 2. The molecule has 0 radical (unpaired) electrons. The summed E-state index contributed by atoms with van der Waals surface area (Å²) in [6, 6.07) is 18.0. The molecule has 0 bridgehead atoms. The van der Waals surface area contributed by atoms with Crippen molar-refractivity contribution in [3.8, 4) is 11.5 Å². The number of methoxy groups -OCH3 is 1. The largest absolute Gasteiger partial charge is 0.497 e. The first kappa shape index (κ1) is 17.8. The SMILES string of the molecule is COc1ccc2nc(C)cc(OCc3nnc4n3NC(c3ccccc3)S4)c2c1. The number of nitrogens with one attached hydrogen (secondary N) is 1. The standard InChI is InChI=1S/C21H19N5O2S/c1-13-10-18(16-11-15(27-2)8-9-17(16)22-13)28-12-19-23-24-21-26(19)25-20(29-21)14-6-4-3-5-7-14/h3-11,20,25H,12H2,1-2H3. The van der Waals surface area contributed by atoms with E-state index >= 15 is 0 Å². The first-order chi connectivity index (χ1) is 14.2. The van der Waals surface area contributed by atoms with E-state index in [1.54, 1.807) is 18.9 Å². The van der Waals surface area contributed by atoms with Crippen molar-refractivity contribution in [2.24, 2.45) is 0 Å². The zero-order valence-corrected chi connectivity index (χ0v) is 16.8. The molecule has 0 amide bonds. The normalized spacial score (nSPS) is 15.2. The zero-order valence-electron chi connectivity index (χ0n) is 16.0. The van der Waals surface area contributed by atoms with E-state index in [1.165, 1.54) is 5.56 Å². The van der Waals surface area contributed by atoms with Gasteiger partial charge in [0.1, 0.15) is 23.5 Å². The predicted octanol–water partition coefficient (Wildman–Crippen LogP) is 4.07. The van der Waals surface area contributed by atoms with E-state index in [0.29, 0.717) is 0 Å². The van der Waals surface area contributed by atoms with Crippen molar-refractivity contribution >= 4 is 22.7 Å². The summed E-state index contributed by atoms with van der Waals surface area (Å²) >= 11 is 1.64. The number of nitrogens with zero attached hydrogens (tertiary/aromatic N) is 4. The summed E-state index contributed by atoms with van der Waals surface area (Å²) in [7, 11) is 1.65. The van der Waals surface area contributed by atoms with Crippen molar-refractivity contribution in [3.63, 3.8) is 0 Å². The molecule has 2 aromatic heterocycles. The van der Waals surface area contributed by atoms with Crippen LogP contribution in [0.2, 0.25) is 0 Å². The fourth-order valence-electron chi connectivity index (χ4n) is 3.31. The Morgan fingerprint density at radius 3 is 2.79 bits per heavy atom. The third-order valence-corrected chi connectivity index (χ3v) is 5.82. The van der Waals surface area contributed by atoms with Crippen LogP contribution in [-0.4, -0.2) is 27.0 Å². The monoisotopic (exact) mass is 405 g/mol. The van der Waals surface area contributed by atoms with Crippen LogP contribution in [0.25, 0.3) is 10.9 Å². The van der Waals surface area contributed by atoms with Crippen molar-refractivity contribution in [1.82, 2.24) is 19.9 Å². The Morgan fingerprint density at radius 2 is 1.97 bits per heavy atom. The highest BCUT2D eigenvalue weighted by molar-refractivity contribution is 7.99. The quantitative estimate of drug-likeness (QED) is 0.536. The number of rotatable bonds is 5. The number of thioether (sulfide) groups is 1. The Bertz CT molecular complexity index is 1180. The van der Waals surface area contributed by atoms with E-state index in [2.05, 4.69) is 32.7 Å². The Balaban J connectivity index is 1.39. The minimum absolute atomic E-state index is 0.105. The minimum Gasteiger partial charge on any atom is -0.497 e. The van der Waals surface area contributed by atoms with Gasteiger partial charge in [0.2, 0.25) is 5.16 Å². The summed E-state index contributed by atoms with van der Waals surface area (Å²) in [5.74, 6) is 2.23. The zero-order chi connectivity index (χ0) is 19.8. The van der Waals surface area contributed by atoms with Gasteiger partial charge in [-0.25, -0.2) is 4.68 Å². The van der Waals surface area contributed by atoms with Crippen LogP contribution in [-0.2, 0) is 6.61 Å². The molecule has 0 spiro atoms. The molecule has 1 atom stereocenters. The van der Waals surface area contributed by atoms with Gasteiger partial charge in [-0.3, -0.25) is 4.98 Å². The lowest BCUT2D eigenvalue weighted by molar-refractivity contribution is 0.294. The van der Waals surface area contributed by atoms with Gasteiger partial charge in [0.15, 0.2) is 5.82 Å². The van der Waals surface area contributed by atoms with Crippen LogP contribution < -0.4 is 14.9 Å². The topological polar surface area (TPSA) is 74.1 Å². The van der Waals surface area contributed by atoms with Crippen LogP contribution in [0.3, 0.4) is 0 Å². The molecule has 7 nitrogen and oxygen atoms in total. The first-order valence-corrected chi connectivity index (χ1v) is 10.1. The summed E-state index contributed by atoms with van der Waals surface area (Å²) in [6.07, 6.45) is 0. The van der Waals surface area contributed by atoms with Gasteiger partial charge < -0.3 is 14.9 Å². The third kappa shape index (κ3) is 3.36. The van der Waals surface area contributed by atoms with Crippen LogP contribution in [0.15, 0.2) is 59.8 Å². The van der Waals surface area contributed by atoms with Crippen LogP contribution in [0.4, 0.5) is 0 Å². The van der Waals surface area contributed by atoms with Crippen LogP contribution >= 0.6 is 11.8 Å². The highest BCUT2D eigenvalue weighted by Crippen LogP contribution is 2.38. The Labute approximate surface area is 172 Å². The molecule has 1 aliphatic heterocycles. The summed E-state index contributed by atoms with van der Waals surface area (Å²) in [5.41, 5.74) is 6.39. The number of benzene rings is 2. The molecule has 0 fully saturated rings. The van der Waals surface area contributed by atoms with Crippen molar-refractivity contribution < 1.29 is 9.47 Å². The number of ether oxygens (including phenoxy) is 2. The molecule has 8 heteroatoms. The molecule has 3 heterocycles. The number of aryl methyl sites for hydroxylation is 1.